The Balaban J connectivity index is 1.39. The summed E-state index contributed by atoms with van der Waals surface area (Å²) in [5.41, 5.74) is 2.08. The third-order valence-electron chi connectivity index (χ3n) is 5.60. The molecule has 1 aliphatic rings. The number of aromatic amines is 1. The van der Waals surface area contributed by atoms with Crippen LogP contribution in [-0.4, -0.2) is 73.2 Å². The standard InChI is InChI=1S/C24H30N6O4/c1-15-13-30(23(33)34-24(2,3)4)10-9-29(15)14-16-7-8-25-20(11-16)28-22-26-18-6-5-17(21(31)32)12-19(18)27-22/h5-8,11-12,15H,9-10,13-14H2,1-4H3,(H,31,32)(H2,25,26,27,28)/t15-/m1/s1. The molecule has 0 bridgehead atoms. The van der Waals surface area contributed by atoms with Gasteiger partial charge in [0.05, 0.1) is 16.6 Å². The Bertz CT molecular complexity index is 1200. The summed E-state index contributed by atoms with van der Waals surface area (Å²) in [6, 6.07) is 8.86. The number of H-pyrrole nitrogens is 1. The molecule has 3 N–H and O–H groups in total. The van der Waals surface area contributed by atoms with Crippen LogP contribution in [0.4, 0.5) is 16.6 Å². The highest BCUT2D eigenvalue weighted by atomic mass is 16.6. The van der Waals surface area contributed by atoms with Crippen molar-refractivity contribution >= 4 is 34.9 Å². The number of pyridine rings is 1. The van der Waals surface area contributed by atoms with Gasteiger partial charge >= 0.3 is 12.1 Å². The molecule has 2 aromatic heterocycles. The molecule has 10 heteroatoms. The number of nitrogens with one attached hydrogen (secondary N) is 2. The lowest BCUT2D eigenvalue weighted by Gasteiger charge is -2.40. The van der Waals surface area contributed by atoms with Crippen molar-refractivity contribution in [2.45, 2.75) is 45.9 Å². The molecule has 4 rings (SSSR count). The molecule has 3 aromatic rings. The van der Waals surface area contributed by atoms with Crippen molar-refractivity contribution in [3.05, 3.63) is 47.7 Å². The zero-order valence-electron chi connectivity index (χ0n) is 19.8. The summed E-state index contributed by atoms with van der Waals surface area (Å²) in [6.45, 7) is 10.4. The molecule has 10 nitrogen and oxygen atoms in total. The maximum absolute atomic E-state index is 12.4. The Morgan fingerprint density at radius 1 is 1.24 bits per heavy atom. The SMILES string of the molecule is C[C@@H]1CN(C(=O)OC(C)(C)C)CCN1Cc1ccnc(Nc2nc3ccc(C(=O)O)cc3[nH]2)c1. The molecule has 0 spiro atoms. The fourth-order valence-electron chi connectivity index (χ4n) is 3.92. The van der Waals surface area contributed by atoms with E-state index in [2.05, 4.69) is 32.1 Å². The molecule has 0 saturated carbocycles. The highest BCUT2D eigenvalue weighted by Crippen LogP contribution is 2.21. The van der Waals surface area contributed by atoms with Gasteiger partial charge in [-0.2, -0.15) is 0 Å². The normalized spacial score (nSPS) is 17.1. The number of anilines is 2. The van der Waals surface area contributed by atoms with E-state index in [1.807, 2.05) is 32.9 Å². The number of hydrogen-bond donors (Lipinski definition) is 3. The molecule has 1 amide bonds. The maximum atomic E-state index is 12.4. The fourth-order valence-corrected chi connectivity index (χ4v) is 3.92. The largest absolute Gasteiger partial charge is 0.478 e. The van der Waals surface area contributed by atoms with E-state index in [0.29, 0.717) is 35.9 Å². The molecule has 3 heterocycles. The van der Waals surface area contributed by atoms with Crippen LogP contribution in [0.25, 0.3) is 11.0 Å². The zero-order chi connectivity index (χ0) is 24.5. The summed E-state index contributed by atoms with van der Waals surface area (Å²) >= 11 is 0. The van der Waals surface area contributed by atoms with Crippen LogP contribution in [0.2, 0.25) is 0 Å². The van der Waals surface area contributed by atoms with Crippen molar-refractivity contribution in [3.8, 4) is 0 Å². The number of aromatic nitrogens is 3. The van der Waals surface area contributed by atoms with E-state index in [0.717, 1.165) is 18.7 Å². The Labute approximate surface area is 197 Å². The first-order valence-corrected chi connectivity index (χ1v) is 11.2. The first-order chi connectivity index (χ1) is 16.1. The third-order valence-corrected chi connectivity index (χ3v) is 5.60. The average molecular weight is 467 g/mol. The molecular weight excluding hydrogens is 436 g/mol. The minimum Gasteiger partial charge on any atom is -0.478 e. The maximum Gasteiger partial charge on any atom is 0.410 e. The number of ether oxygens (including phenoxy) is 1. The van der Waals surface area contributed by atoms with E-state index in [1.165, 1.54) is 6.07 Å². The highest BCUT2D eigenvalue weighted by Gasteiger charge is 2.29. The van der Waals surface area contributed by atoms with Crippen molar-refractivity contribution in [2.24, 2.45) is 0 Å². The second-order valence-corrected chi connectivity index (χ2v) is 9.54. The molecule has 1 atom stereocenters. The predicted molar refractivity (Wildman–Crippen MR) is 128 cm³/mol. The number of carboxylic acid groups (broad SMARTS) is 1. The van der Waals surface area contributed by atoms with Gasteiger partial charge < -0.3 is 25.0 Å². The quantitative estimate of drug-likeness (QED) is 0.518. The Morgan fingerprint density at radius 3 is 2.74 bits per heavy atom. The summed E-state index contributed by atoms with van der Waals surface area (Å²) in [6.07, 6.45) is 1.47. The number of aromatic carboxylic acids is 1. The van der Waals surface area contributed by atoms with Gasteiger partial charge in [-0.15, -0.1) is 0 Å². The van der Waals surface area contributed by atoms with Crippen molar-refractivity contribution in [3.63, 3.8) is 0 Å². The third kappa shape index (κ3) is 5.63. The molecule has 34 heavy (non-hydrogen) atoms. The fraction of sp³-hybridized carbons (Fsp3) is 0.417. The van der Waals surface area contributed by atoms with Crippen LogP contribution in [-0.2, 0) is 11.3 Å². The molecule has 180 valence electrons. The molecule has 1 fully saturated rings. The van der Waals surface area contributed by atoms with Crippen LogP contribution >= 0.6 is 0 Å². The van der Waals surface area contributed by atoms with E-state index < -0.39 is 11.6 Å². The van der Waals surface area contributed by atoms with E-state index in [1.54, 1.807) is 23.2 Å². The van der Waals surface area contributed by atoms with Crippen LogP contribution in [0, 0.1) is 0 Å². The van der Waals surface area contributed by atoms with E-state index in [4.69, 9.17) is 9.84 Å². The van der Waals surface area contributed by atoms with Gasteiger partial charge in [-0.1, -0.05) is 0 Å². The van der Waals surface area contributed by atoms with Gasteiger partial charge in [0.2, 0.25) is 5.95 Å². The smallest absolute Gasteiger partial charge is 0.410 e. The zero-order valence-corrected chi connectivity index (χ0v) is 19.8. The number of carbonyl (C=O) groups excluding carboxylic acids is 1. The molecule has 0 radical (unpaired) electrons. The summed E-state index contributed by atoms with van der Waals surface area (Å²) < 4.78 is 5.51. The van der Waals surface area contributed by atoms with Crippen LogP contribution in [0.15, 0.2) is 36.5 Å². The van der Waals surface area contributed by atoms with Crippen molar-refractivity contribution < 1.29 is 19.4 Å². The lowest BCUT2D eigenvalue weighted by atomic mass is 10.1. The van der Waals surface area contributed by atoms with Gasteiger partial charge in [-0.05, 0) is 63.6 Å². The first-order valence-electron chi connectivity index (χ1n) is 11.2. The second kappa shape index (κ2) is 9.30. The van der Waals surface area contributed by atoms with Crippen molar-refractivity contribution in [1.82, 2.24) is 24.8 Å². The van der Waals surface area contributed by atoms with Crippen molar-refractivity contribution in [2.75, 3.05) is 25.0 Å². The van der Waals surface area contributed by atoms with Crippen molar-refractivity contribution in [1.29, 1.82) is 0 Å². The molecular formula is C24H30N6O4. The minimum absolute atomic E-state index is 0.185. The van der Waals surface area contributed by atoms with Gasteiger partial charge in [0.15, 0.2) is 0 Å². The summed E-state index contributed by atoms with van der Waals surface area (Å²) in [4.78, 5) is 39.6. The minimum atomic E-state index is -0.985. The average Bonchev–Trinajstić information content (AvgIpc) is 3.15. The van der Waals surface area contributed by atoms with Gasteiger partial charge in [-0.3, -0.25) is 4.90 Å². The van der Waals surface area contributed by atoms with E-state index >= 15 is 0 Å². The number of benzene rings is 1. The lowest BCUT2D eigenvalue weighted by molar-refractivity contribution is 0.00460. The summed E-state index contributed by atoms with van der Waals surface area (Å²) in [5, 5.41) is 12.3. The highest BCUT2D eigenvalue weighted by molar-refractivity contribution is 5.92. The van der Waals surface area contributed by atoms with Gasteiger partial charge in [0, 0.05) is 38.4 Å². The molecule has 0 unspecified atom stereocenters. The van der Waals surface area contributed by atoms with E-state index in [-0.39, 0.29) is 17.7 Å². The van der Waals surface area contributed by atoms with E-state index in [9.17, 15) is 9.59 Å². The van der Waals surface area contributed by atoms with Gasteiger partial charge in [0.1, 0.15) is 11.4 Å². The number of rotatable bonds is 5. The Hall–Kier alpha value is -3.66. The van der Waals surface area contributed by atoms with Crippen LogP contribution in [0.1, 0.15) is 43.6 Å². The van der Waals surface area contributed by atoms with Gasteiger partial charge in [0.25, 0.3) is 0 Å². The second-order valence-electron chi connectivity index (χ2n) is 9.54. The number of fused-ring (bicyclic) bond motifs is 1. The van der Waals surface area contributed by atoms with Crippen LogP contribution in [0.3, 0.4) is 0 Å². The van der Waals surface area contributed by atoms with Gasteiger partial charge in [-0.25, -0.2) is 19.6 Å². The summed E-state index contributed by atoms with van der Waals surface area (Å²) in [7, 11) is 0. The molecule has 0 aliphatic carbocycles. The summed E-state index contributed by atoms with van der Waals surface area (Å²) in [5.74, 6) is 0.137. The van der Waals surface area contributed by atoms with Crippen LogP contribution < -0.4 is 5.32 Å². The number of imidazole rings is 1. The molecule has 1 saturated heterocycles. The molecule has 1 aromatic carbocycles. The predicted octanol–water partition coefficient (Wildman–Crippen LogP) is 3.84. The number of piperazine rings is 1. The first kappa shape index (κ1) is 23.5. The number of nitrogens with zero attached hydrogens (tertiary/aromatic N) is 4. The Kier molecular flexibility index (Phi) is 6.43. The molecule has 1 aliphatic heterocycles. The monoisotopic (exact) mass is 466 g/mol. The topological polar surface area (TPSA) is 124 Å². The lowest BCUT2D eigenvalue weighted by Crippen LogP contribution is -2.54. The number of carbonyl (C=O) groups is 2. The number of hydrogen-bond acceptors (Lipinski definition) is 7. The number of amides is 1. The number of carboxylic acids is 1. The Morgan fingerprint density at radius 2 is 2.03 bits per heavy atom. The van der Waals surface area contributed by atoms with Crippen LogP contribution in [0.5, 0.6) is 0 Å².